The third kappa shape index (κ3) is 4.64. The van der Waals surface area contributed by atoms with Crippen LogP contribution in [0.25, 0.3) is 0 Å². The van der Waals surface area contributed by atoms with Gasteiger partial charge in [0, 0.05) is 17.1 Å². The predicted octanol–water partition coefficient (Wildman–Crippen LogP) is 4.13. The molecule has 0 aliphatic heterocycles. The summed E-state index contributed by atoms with van der Waals surface area (Å²) >= 11 is 12.7. The Hall–Kier alpha value is -1.21. The van der Waals surface area contributed by atoms with Crippen molar-refractivity contribution < 1.29 is 4.39 Å². The van der Waals surface area contributed by atoms with Crippen LogP contribution in [-0.2, 0) is 0 Å². The maximum atomic E-state index is 13.1. The van der Waals surface area contributed by atoms with E-state index in [1.807, 2.05) is 20.2 Å². The third-order valence-electron chi connectivity index (χ3n) is 3.13. The molecular formula is C15H17ClFN3S2. The second kappa shape index (κ2) is 7.87. The number of rotatable bonds is 5. The highest BCUT2D eigenvalue weighted by atomic mass is 35.5. The molecule has 118 valence electrons. The van der Waals surface area contributed by atoms with Gasteiger partial charge in [-0.3, -0.25) is 0 Å². The highest BCUT2D eigenvalue weighted by molar-refractivity contribution is 7.80. The lowest BCUT2D eigenvalue weighted by atomic mass is 10.2. The first-order valence-electron chi connectivity index (χ1n) is 6.67. The molecule has 0 fully saturated rings. The van der Waals surface area contributed by atoms with Crippen molar-refractivity contribution in [3.63, 3.8) is 0 Å². The van der Waals surface area contributed by atoms with E-state index in [-0.39, 0.29) is 11.1 Å². The molecule has 7 heteroatoms. The van der Waals surface area contributed by atoms with E-state index in [0.717, 1.165) is 0 Å². The van der Waals surface area contributed by atoms with Crippen LogP contribution >= 0.6 is 35.2 Å². The predicted molar refractivity (Wildman–Crippen MR) is 96.4 cm³/mol. The van der Waals surface area contributed by atoms with E-state index >= 15 is 0 Å². The highest BCUT2D eigenvalue weighted by Crippen LogP contribution is 2.22. The van der Waals surface area contributed by atoms with Crippen molar-refractivity contribution in [2.75, 3.05) is 26.0 Å². The Morgan fingerprint density at radius 3 is 2.77 bits per heavy atom. The first-order chi connectivity index (χ1) is 10.5. The number of benzene rings is 1. The van der Waals surface area contributed by atoms with Crippen LogP contribution in [0.4, 0.5) is 10.1 Å². The number of thiocarbonyl (C=S) groups is 1. The van der Waals surface area contributed by atoms with Crippen molar-refractivity contribution in [2.24, 2.45) is 0 Å². The summed E-state index contributed by atoms with van der Waals surface area (Å²) in [6, 6.07) is 8.78. The van der Waals surface area contributed by atoms with E-state index in [4.69, 9.17) is 23.8 Å². The Bertz CT molecular complexity index is 632. The largest absolute Gasteiger partial charge is 0.360 e. The van der Waals surface area contributed by atoms with Gasteiger partial charge in [-0.15, -0.1) is 11.3 Å². The summed E-state index contributed by atoms with van der Waals surface area (Å²) in [5, 5.41) is 8.79. The highest BCUT2D eigenvalue weighted by Gasteiger charge is 2.15. The summed E-state index contributed by atoms with van der Waals surface area (Å²) in [7, 11) is 4.06. The SMILES string of the molecule is CN(C)[C@H](CNC(=S)Nc1ccc(F)c(Cl)c1)c1cccs1. The number of anilines is 1. The Morgan fingerprint density at radius 2 is 2.18 bits per heavy atom. The minimum atomic E-state index is -0.448. The molecule has 0 radical (unpaired) electrons. The molecule has 0 saturated carbocycles. The molecule has 0 spiro atoms. The molecule has 0 unspecified atom stereocenters. The summed E-state index contributed by atoms with van der Waals surface area (Å²) in [5.74, 6) is -0.448. The minimum absolute atomic E-state index is 0.0672. The number of nitrogens with one attached hydrogen (secondary N) is 2. The Kier molecular flexibility index (Phi) is 6.14. The van der Waals surface area contributed by atoms with E-state index in [1.165, 1.54) is 17.0 Å². The van der Waals surface area contributed by atoms with Gasteiger partial charge in [0.2, 0.25) is 0 Å². The summed E-state index contributed by atoms with van der Waals surface area (Å²) in [5.41, 5.74) is 0.654. The molecule has 2 N–H and O–H groups in total. The molecule has 0 amide bonds. The zero-order chi connectivity index (χ0) is 16.1. The molecule has 0 aliphatic rings. The summed E-state index contributed by atoms with van der Waals surface area (Å²) in [4.78, 5) is 3.40. The van der Waals surface area contributed by atoms with Crippen LogP contribution in [0.2, 0.25) is 5.02 Å². The fourth-order valence-corrected chi connectivity index (χ4v) is 3.26. The van der Waals surface area contributed by atoms with Crippen LogP contribution in [0.15, 0.2) is 35.7 Å². The fourth-order valence-electron chi connectivity index (χ4n) is 1.96. The number of nitrogens with zero attached hydrogens (tertiary/aromatic N) is 1. The average Bonchev–Trinajstić information content (AvgIpc) is 2.97. The number of hydrogen-bond donors (Lipinski definition) is 2. The van der Waals surface area contributed by atoms with Crippen molar-refractivity contribution in [2.45, 2.75) is 6.04 Å². The molecule has 1 aromatic carbocycles. The van der Waals surface area contributed by atoms with Gasteiger partial charge in [0.05, 0.1) is 11.1 Å². The second-order valence-corrected chi connectivity index (χ2v) is 6.75. The molecule has 1 aromatic heterocycles. The standard InChI is InChI=1S/C15H17ClFN3S2/c1-20(2)13(14-4-3-7-22-14)9-18-15(21)19-10-5-6-12(17)11(16)8-10/h3-8,13H,9H2,1-2H3,(H2,18,19,21)/t13-/m1/s1. The number of likely N-dealkylation sites (N-methyl/N-ethyl adjacent to an activating group) is 1. The third-order valence-corrected chi connectivity index (χ3v) is 4.64. The average molecular weight is 358 g/mol. The zero-order valence-electron chi connectivity index (χ0n) is 12.3. The Morgan fingerprint density at radius 1 is 1.41 bits per heavy atom. The molecule has 1 atom stereocenters. The van der Waals surface area contributed by atoms with Gasteiger partial charge in [-0.2, -0.15) is 0 Å². The normalized spacial score (nSPS) is 12.2. The number of thiophene rings is 1. The van der Waals surface area contributed by atoms with Crippen LogP contribution in [-0.4, -0.2) is 30.7 Å². The van der Waals surface area contributed by atoms with Gasteiger partial charge in [-0.1, -0.05) is 17.7 Å². The minimum Gasteiger partial charge on any atom is -0.360 e. The maximum Gasteiger partial charge on any atom is 0.170 e. The summed E-state index contributed by atoms with van der Waals surface area (Å²) in [6.07, 6.45) is 0. The molecule has 0 aliphatic carbocycles. The van der Waals surface area contributed by atoms with Gasteiger partial charge in [0.15, 0.2) is 5.11 Å². The monoisotopic (exact) mass is 357 g/mol. The summed E-state index contributed by atoms with van der Waals surface area (Å²) < 4.78 is 13.1. The van der Waals surface area contributed by atoms with Crippen molar-refractivity contribution in [3.8, 4) is 0 Å². The lowest BCUT2D eigenvalue weighted by Gasteiger charge is -2.24. The Labute approximate surface area is 144 Å². The van der Waals surface area contributed by atoms with E-state index in [2.05, 4.69) is 27.0 Å². The molecule has 1 heterocycles. The maximum absolute atomic E-state index is 13.1. The van der Waals surface area contributed by atoms with E-state index in [0.29, 0.717) is 17.3 Å². The van der Waals surface area contributed by atoms with E-state index in [1.54, 1.807) is 17.4 Å². The lowest BCUT2D eigenvalue weighted by Crippen LogP contribution is -2.36. The second-order valence-electron chi connectivity index (χ2n) is 4.96. The van der Waals surface area contributed by atoms with Gasteiger partial charge in [-0.25, -0.2) is 4.39 Å². The van der Waals surface area contributed by atoms with Crippen LogP contribution in [0.1, 0.15) is 10.9 Å². The van der Waals surface area contributed by atoms with Gasteiger partial charge < -0.3 is 15.5 Å². The quantitative estimate of drug-likeness (QED) is 0.787. The fraction of sp³-hybridized carbons (Fsp3) is 0.267. The first kappa shape index (κ1) is 17.1. The van der Waals surface area contributed by atoms with Crippen molar-refractivity contribution in [1.29, 1.82) is 0 Å². The van der Waals surface area contributed by atoms with Crippen LogP contribution in [0, 0.1) is 5.82 Å². The molecule has 0 saturated heterocycles. The van der Waals surface area contributed by atoms with Gasteiger partial charge >= 0.3 is 0 Å². The van der Waals surface area contributed by atoms with Crippen LogP contribution in [0.5, 0.6) is 0 Å². The molecule has 22 heavy (non-hydrogen) atoms. The molecule has 2 aromatic rings. The summed E-state index contributed by atoms with van der Waals surface area (Å²) in [6.45, 7) is 0.675. The zero-order valence-corrected chi connectivity index (χ0v) is 14.7. The topological polar surface area (TPSA) is 27.3 Å². The van der Waals surface area contributed by atoms with E-state index < -0.39 is 5.82 Å². The van der Waals surface area contributed by atoms with E-state index in [9.17, 15) is 4.39 Å². The van der Waals surface area contributed by atoms with Crippen molar-refractivity contribution in [1.82, 2.24) is 10.2 Å². The van der Waals surface area contributed by atoms with Gasteiger partial charge in [0.1, 0.15) is 5.82 Å². The Balaban J connectivity index is 1.92. The van der Waals surface area contributed by atoms with Crippen molar-refractivity contribution in [3.05, 3.63) is 51.4 Å². The number of halogens is 2. The molecule has 2 rings (SSSR count). The van der Waals surface area contributed by atoms with Crippen LogP contribution in [0.3, 0.4) is 0 Å². The molecular weight excluding hydrogens is 341 g/mol. The smallest absolute Gasteiger partial charge is 0.170 e. The van der Waals surface area contributed by atoms with Crippen LogP contribution < -0.4 is 10.6 Å². The van der Waals surface area contributed by atoms with Gasteiger partial charge in [0.25, 0.3) is 0 Å². The first-order valence-corrected chi connectivity index (χ1v) is 8.33. The lowest BCUT2D eigenvalue weighted by molar-refractivity contribution is 0.303. The number of hydrogen-bond acceptors (Lipinski definition) is 3. The molecule has 0 bridgehead atoms. The van der Waals surface area contributed by atoms with Crippen molar-refractivity contribution >= 4 is 46.0 Å². The van der Waals surface area contributed by atoms with Gasteiger partial charge in [-0.05, 0) is 56.0 Å². The molecule has 3 nitrogen and oxygen atoms in total.